The van der Waals surface area contributed by atoms with E-state index < -0.39 is 0 Å². The second kappa shape index (κ2) is 6.09. The maximum atomic E-state index is 12.2. The van der Waals surface area contributed by atoms with Crippen LogP contribution in [-0.2, 0) is 0 Å². The van der Waals surface area contributed by atoms with Crippen LogP contribution in [0.5, 0.6) is 5.75 Å². The topological polar surface area (TPSA) is 62.1 Å². The van der Waals surface area contributed by atoms with Gasteiger partial charge >= 0.3 is 0 Å². The minimum atomic E-state index is -0.360. The zero-order valence-electron chi connectivity index (χ0n) is 10.7. The SMILES string of the molecule is COc1cc(Cl)ccc1C(=O)Nc1ccccc1C#N. The molecule has 0 saturated heterocycles. The Morgan fingerprint density at radius 2 is 2.05 bits per heavy atom. The number of hydrogen-bond acceptors (Lipinski definition) is 3. The third-order valence-electron chi connectivity index (χ3n) is 2.70. The molecule has 0 fully saturated rings. The maximum Gasteiger partial charge on any atom is 0.259 e. The van der Waals surface area contributed by atoms with Gasteiger partial charge in [-0.2, -0.15) is 5.26 Å². The van der Waals surface area contributed by atoms with Gasteiger partial charge in [0.25, 0.3) is 5.91 Å². The summed E-state index contributed by atoms with van der Waals surface area (Å²) in [6.45, 7) is 0. The van der Waals surface area contributed by atoms with Gasteiger partial charge in [-0.1, -0.05) is 23.7 Å². The number of amides is 1. The molecular weight excluding hydrogens is 276 g/mol. The molecule has 0 aliphatic rings. The highest BCUT2D eigenvalue weighted by Gasteiger charge is 2.14. The van der Waals surface area contributed by atoms with Crippen molar-refractivity contribution in [3.63, 3.8) is 0 Å². The molecule has 20 heavy (non-hydrogen) atoms. The normalized spacial score (nSPS) is 9.65. The smallest absolute Gasteiger partial charge is 0.259 e. The van der Waals surface area contributed by atoms with E-state index in [1.165, 1.54) is 7.11 Å². The summed E-state index contributed by atoms with van der Waals surface area (Å²) in [6.07, 6.45) is 0. The Kier molecular flexibility index (Phi) is 4.24. The Labute approximate surface area is 121 Å². The molecular formula is C15H11ClN2O2. The molecule has 0 spiro atoms. The molecule has 100 valence electrons. The molecule has 0 aliphatic carbocycles. The number of benzene rings is 2. The molecule has 1 N–H and O–H groups in total. The molecule has 0 bridgehead atoms. The number of anilines is 1. The van der Waals surface area contributed by atoms with E-state index in [1.54, 1.807) is 42.5 Å². The summed E-state index contributed by atoms with van der Waals surface area (Å²) in [7, 11) is 1.46. The fourth-order valence-electron chi connectivity index (χ4n) is 1.73. The highest BCUT2D eigenvalue weighted by atomic mass is 35.5. The van der Waals surface area contributed by atoms with E-state index in [-0.39, 0.29) is 5.91 Å². The van der Waals surface area contributed by atoms with Crippen LogP contribution in [0.15, 0.2) is 42.5 Å². The van der Waals surface area contributed by atoms with Crippen molar-refractivity contribution >= 4 is 23.2 Å². The number of nitrogens with zero attached hydrogens (tertiary/aromatic N) is 1. The minimum Gasteiger partial charge on any atom is -0.496 e. The third-order valence-corrected chi connectivity index (χ3v) is 2.94. The number of halogens is 1. The van der Waals surface area contributed by atoms with Crippen LogP contribution in [0.3, 0.4) is 0 Å². The van der Waals surface area contributed by atoms with Crippen molar-refractivity contribution in [1.82, 2.24) is 0 Å². The van der Waals surface area contributed by atoms with Gasteiger partial charge in [-0.05, 0) is 30.3 Å². The number of carbonyl (C=O) groups excluding carboxylic acids is 1. The largest absolute Gasteiger partial charge is 0.496 e. The molecule has 0 aromatic heterocycles. The summed E-state index contributed by atoms with van der Waals surface area (Å²) in [5.74, 6) is 0.0191. The summed E-state index contributed by atoms with van der Waals surface area (Å²) in [5.41, 5.74) is 1.20. The average Bonchev–Trinajstić information content (AvgIpc) is 2.47. The molecule has 2 rings (SSSR count). The van der Waals surface area contributed by atoms with E-state index in [0.717, 1.165) is 0 Å². The number of methoxy groups -OCH3 is 1. The first-order chi connectivity index (χ1) is 9.65. The van der Waals surface area contributed by atoms with Crippen LogP contribution in [0.1, 0.15) is 15.9 Å². The lowest BCUT2D eigenvalue weighted by Crippen LogP contribution is -2.14. The lowest BCUT2D eigenvalue weighted by Gasteiger charge is -2.10. The zero-order chi connectivity index (χ0) is 14.5. The van der Waals surface area contributed by atoms with Gasteiger partial charge in [-0.15, -0.1) is 0 Å². The Hall–Kier alpha value is -2.51. The Balaban J connectivity index is 2.31. The van der Waals surface area contributed by atoms with Gasteiger partial charge in [0.15, 0.2) is 0 Å². The average molecular weight is 287 g/mol. The van der Waals surface area contributed by atoms with Crippen molar-refractivity contribution in [2.24, 2.45) is 0 Å². The van der Waals surface area contributed by atoms with Gasteiger partial charge in [0, 0.05) is 5.02 Å². The van der Waals surface area contributed by atoms with Gasteiger partial charge < -0.3 is 10.1 Å². The van der Waals surface area contributed by atoms with Gasteiger partial charge in [0.1, 0.15) is 11.8 Å². The van der Waals surface area contributed by atoms with E-state index in [0.29, 0.717) is 27.6 Å². The molecule has 4 nitrogen and oxygen atoms in total. The van der Waals surface area contributed by atoms with E-state index in [1.807, 2.05) is 6.07 Å². The monoisotopic (exact) mass is 286 g/mol. The Bertz CT molecular complexity index is 693. The highest BCUT2D eigenvalue weighted by molar-refractivity contribution is 6.31. The van der Waals surface area contributed by atoms with Crippen LogP contribution in [0.2, 0.25) is 5.02 Å². The second-order valence-electron chi connectivity index (χ2n) is 3.96. The summed E-state index contributed by atoms with van der Waals surface area (Å²) < 4.78 is 5.13. The summed E-state index contributed by atoms with van der Waals surface area (Å²) in [5, 5.41) is 12.2. The van der Waals surface area contributed by atoms with Crippen LogP contribution < -0.4 is 10.1 Å². The van der Waals surface area contributed by atoms with E-state index in [4.69, 9.17) is 21.6 Å². The number of nitriles is 1. The van der Waals surface area contributed by atoms with Crippen molar-refractivity contribution in [2.75, 3.05) is 12.4 Å². The molecule has 0 heterocycles. The third kappa shape index (κ3) is 2.90. The zero-order valence-corrected chi connectivity index (χ0v) is 11.4. The first-order valence-corrected chi connectivity index (χ1v) is 6.17. The number of nitrogens with one attached hydrogen (secondary N) is 1. The molecule has 2 aromatic rings. The summed E-state index contributed by atoms with van der Waals surface area (Å²) in [6, 6.07) is 13.5. The van der Waals surface area contributed by atoms with E-state index >= 15 is 0 Å². The molecule has 0 aliphatic heterocycles. The van der Waals surface area contributed by atoms with Crippen molar-refractivity contribution < 1.29 is 9.53 Å². The van der Waals surface area contributed by atoms with Crippen molar-refractivity contribution in [3.8, 4) is 11.8 Å². The number of rotatable bonds is 3. The van der Waals surface area contributed by atoms with Gasteiger partial charge in [0.05, 0.1) is 23.9 Å². The van der Waals surface area contributed by atoms with Crippen LogP contribution in [-0.4, -0.2) is 13.0 Å². The standard InChI is InChI=1S/C15H11ClN2O2/c1-20-14-8-11(16)6-7-12(14)15(19)18-13-5-3-2-4-10(13)9-17/h2-8H,1H3,(H,18,19). The summed E-state index contributed by atoms with van der Waals surface area (Å²) in [4.78, 5) is 12.2. The second-order valence-corrected chi connectivity index (χ2v) is 4.39. The molecule has 0 unspecified atom stereocenters. The number of carbonyl (C=O) groups is 1. The fraction of sp³-hybridized carbons (Fsp3) is 0.0667. The first kappa shape index (κ1) is 13.9. The van der Waals surface area contributed by atoms with Crippen molar-refractivity contribution in [3.05, 3.63) is 58.6 Å². The predicted molar refractivity (Wildman–Crippen MR) is 77.1 cm³/mol. The van der Waals surface area contributed by atoms with Gasteiger partial charge in [-0.25, -0.2) is 0 Å². The van der Waals surface area contributed by atoms with Crippen molar-refractivity contribution in [2.45, 2.75) is 0 Å². The maximum absolute atomic E-state index is 12.2. The minimum absolute atomic E-state index is 0.352. The van der Waals surface area contributed by atoms with Gasteiger partial charge in [-0.3, -0.25) is 4.79 Å². The number of para-hydroxylation sites is 1. The molecule has 0 atom stereocenters. The first-order valence-electron chi connectivity index (χ1n) is 5.79. The fourth-order valence-corrected chi connectivity index (χ4v) is 1.89. The molecule has 0 saturated carbocycles. The van der Waals surface area contributed by atoms with Crippen LogP contribution in [0.4, 0.5) is 5.69 Å². The number of hydrogen-bond donors (Lipinski definition) is 1. The van der Waals surface area contributed by atoms with E-state index in [9.17, 15) is 4.79 Å². The molecule has 0 radical (unpaired) electrons. The lowest BCUT2D eigenvalue weighted by atomic mass is 10.1. The molecule has 5 heteroatoms. The summed E-state index contributed by atoms with van der Waals surface area (Å²) >= 11 is 5.85. The van der Waals surface area contributed by atoms with Crippen LogP contribution in [0.25, 0.3) is 0 Å². The quantitative estimate of drug-likeness (QED) is 0.939. The van der Waals surface area contributed by atoms with Crippen LogP contribution in [0, 0.1) is 11.3 Å². The Morgan fingerprint density at radius 1 is 1.30 bits per heavy atom. The molecule has 2 aromatic carbocycles. The van der Waals surface area contributed by atoms with E-state index in [2.05, 4.69) is 5.32 Å². The predicted octanol–water partition coefficient (Wildman–Crippen LogP) is 3.47. The number of ether oxygens (including phenoxy) is 1. The van der Waals surface area contributed by atoms with Crippen LogP contribution >= 0.6 is 11.6 Å². The Morgan fingerprint density at radius 3 is 2.75 bits per heavy atom. The highest BCUT2D eigenvalue weighted by Crippen LogP contribution is 2.24. The van der Waals surface area contributed by atoms with Gasteiger partial charge in [0.2, 0.25) is 0 Å². The lowest BCUT2D eigenvalue weighted by molar-refractivity contribution is 0.102. The molecule has 1 amide bonds. The van der Waals surface area contributed by atoms with Crippen molar-refractivity contribution in [1.29, 1.82) is 5.26 Å².